The number of benzene rings is 1. The van der Waals surface area contributed by atoms with Gasteiger partial charge in [0.05, 0.1) is 11.2 Å². The molecule has 21 heavy (non-hydrogen) atoms. The molecule has 3 rings (SSSR count). The summed E-state index contributed by atoms with van der Waals surface area (Å²) in [6.07, 6.45) is 2.80. The van der Waals surface area contributed by atoms with Crippen molar-refractivity contribution in [3.8, 4) is 6.07 Å². The number of hydrogen-bond acceptors (Lipinski definition) is 3. The molecule has 1 aromatic carbocycles. The quantitative estimate of drug-likeness (QED) is 0.867. The first-order chi connectivity index (χ1) is 9.94. The third kappa shape index (κ3) is 2.39. The molecule has 0 aromatic heterocycles. The first-order valence-electron chi connectivity index (χ1n) is 6.96. The monoisotopic (exact) mass is 311 g/mol. The molecule has 2 saturated heterocycles. The summed E-state index contributed by atoms with van der Waals surface area (Å²) in [4.78, 5) is 0. The molecule has 2 aliphatic heterocycles. The second-order valence-corrected chi connectivity index (χ2v) is 7.86. The first kappa shape index (κ1) is 14.6. The van der Waals surface area contributed by atoms with Crippen LogP contribution < -0.4 is 0 Å². The van der Waals surface area contributed by atoms with Crippen molar-refractivity contribution >= 4 is 10.8 Å². The maximum absolute atomic E-state index is 14.2. The van der Waals surface area contributed by atoms with Gasteiger partial charge in [0.15, 0.2) is 0 Å². The van der Waals surface area contributed by atoms with Crippen molar-refractivity contribution in [1.29, 1.82) is 5.26 Å². The number of halogens is 2. The fraction of sp³-hybridized carbons (Fsp3) is 0.533. The lowest BCUT2D eigenvalue weighted by atomic mass is 9.80. The summed E-state index contributed by atoms with van der Waals surface area (Å²) < 4.78 is 40.1. The van der Waals surface area contributed by atoms with Crippen LogP contribution in [0.4, 0.5) is 8.78 Å². The van der Waals surface area contributed by atoms with Gasteiger partial charge in [0, 0.05) is 26.9 Å². The Morgan fingerprint density at radius 3 is 2.43 bits per heavy atom. The second kappa shape index (κ2) is 5.15. The highest BCUT2D eigenvalue weighted by molar-refractivity contribution is 7.86. The van der Waals surface area contributed by atoms with E-state index in [0.29, 0.717) is 0 Å². The average Bonchev–Trinajstić information content (AvgIpc) is 2.43. The molecule has 2 bridgehead atoms. The lowest BCUT2D eigenvalue weighted by molar-refractivity contribution is 0.00307. The van der Waals surface area contributed by atoms with Gasteiger partial charge in [-0.3, -0.25) is 4.21 Å². The standard InChI is InChI=1S/C15H15F2NO2S/c16-13-5-12(14(17)4-9(13)8-18)15(19)6-10-2-1-3-11(7-15)21(10)20/h4-5,10-11,19H,1-3,6-7H2. The molecule has 6 heteroatoms. The fourth-order valence-electron chi connectivity index (χ4n) is 3.49. The minimum Gasteiger partial charge on any atom is -0.385 e. The highest BCUT2D eigenvalue weighted by Crippen LogP contribution is 2.45. The van der Waals surface area contributed by atoms with Crippen LogP contribution >= 0.6 is 0 Å². The van der Waals surface area contributed by atoms with Gasteiger partial charge in [0.1, 0.15) is 17.7 Å². The molecule has 1 N–H and O–H groups in total. The Morgan fingerprint density at radius 1 is 1.24 bits per heavy atom. The maximum Gasteiger partial charge on any atom is 0.141 e. The Kier molecular flexibility index (Phi) is 3.58. The zero-order chi connectivity index (χ0) is 15.2. The van der Waals surface area contributed by atoms with Crippen LogP contribution in [0, 0.1) is 23.0 Å². The van der Waals surface area contributed by atoms with Gasteiger partial charge in [0.25, 0.3) is 0 Å². The lowest BCUT2D eigenvalue weighted by Gasteiger charge is -2.43. The molecular weight excluding hydrogens is 296 g/mol. The number of nitrogens with zero attached hydrogens (tertiary/aromatic N) is 1. The molecule has 2 heterocycles. The van der Waals surface area contributed by atoms with Crippen LogP contribution in [0.1, 0.15) is 43.2 Å². The Morgan fingerprint density at radius 2 is 1.86 bits per heavy atom. The first-order valence-corrected chi connectivity index (χ1v) is 8.23. The molecule has 2 atom stereocenters. The van der Waals surface area contributed by atoms with E-state index in [4.69, 9.17) is 5.26 Å². The predicted octanol–water partition coefficient (Wildman–Crippen LogP) is 2.49. The van der Waals surface area contributed by atoms with Crippen LogP contribution in [0.5, 0.6) is 0 Å². The number of rotatable bonds is 1. The molecule has 2 unspecified atom stereocenters. The minimum atomic E-state index is -1.50. The molecule has 0 aliphatic carbocycles. The van der Waals surface area contributed by atoms with Crippen molar-refractivity contribution in [2.24, 2.45) is 0 Å². The maximum atomic E-state index is 14.2. The van der Waals surface area contributed by atoms with Crippen molar-refractivity contribution < 1.29 is 18.1 Å². The molecular formula is C15H15F2NO2S. The van der Waals surface area contributed by atoms with E-state index < -0.39 is 28.0 Å². The number of fused-ring (bicyclic) bond motifs is 2. The van der Waals surface area contributed by atoms with Crippen LogP contribution in [-0.4, -0.2) is 19.8 Å². The summed E-state index contributed by atoms with van der Waals surface area (Å²) in [5.41, 5.74) is -1.99. The molecule has 0 saturated carbocycles. The third-order valence-corrected chi connectivity index (χ3v) is 6.64. The fourth-order valence-corrected chi connectivity index (χ4v) is 5.71. The van der Waals surface area contributed by atoms with E-state index in [1.54, 1.807) is 6.07 Å². The van der Waals surface area contributed by atoms with Gasteiger partial charge < -0.3 is 5.11 Å². The van der Waals surface area contributed by atoms with Crippen LogP contribution in [0.3, 0.4) is 0 Å². The Balaban J connectivity index is 2.02. The minimum absolute atomic E-state index is 0.118. The zero-order valence-electron chi connectivity index (χ0n) is 11.3. The summed E-state index contributed by atoms with van der Waals surface area (Å²) in [6, 6.07) is 3.32. The van der Waals surface area contributed by atoms with Gasteiger partial charge in [-0.1, -0.05) is 6.42 Å². The van der Waals surface area contributed by atoms with E-state index in [1.807, 2.05) is 0 Å². The Labute approximate surface area is 124 Å². The highest BCUT2D eigenvalue weighted by atomic mass is 32.2. The molecule has 0 radical (unpaired) electrons. The van der Waals surface area contributed by atoms with E-state index >= 15 is 0 Å². The van der Waals surface area contributed by atoms with Gasteiger partial charge >= 0.3 is 0 Å². The van der Waals surface area contributed by atoms with Crippen molar-refractivity contribution in [3.05, 3.63) is 34.9 Å². The van der Waals surface area contributed by atoms with Gasteiger partial charge in [-0.25, -0.2) is 8.78 Å². The summed E-state index contributed by atoms with van der Waals surface area (Å²) in [5, 5.41) is 19.2. The van der Waals surface area contributed by atoms with Crippen LogP contribution in [-0.2, 0) is 16.4 Å². The summed E-state index contributed by atoms with van der Waals surface area (Å²) >= 11 is 0. The summed E-state index contributed by atoms with van der Waals surface area (Å²) in [7, 11) is -1.00. The predicted molar refractivity (Wildman–Crippen MR) is 73.8 cm³/mol. The van der Waals surface area contributed by atoms with E-state index in [2.05, 4.69) is 0 Å². The summed E-state index contributed by atoms with van der Waals surface area (Å²) in [5.74, 6) is -1.61. The molecule has 3 nitrogen and oxygen atoms in total. The van der Waals surface area contributed by atoms with Crippen LogP contribution in [0.2, 0.25) is 0 Å². The Hall–Kier alpha value is -1.32. The molecule has 0 amide bonds. The Bertz CT molecular complexity index is 640. The average molecular weight is 311 g/mol. The SMILES string of the molecule is N#Cc1cc(F)c(C2(O)CC3CCCC(C2)S3=O)cc1F. The van der Waals surface area contributed by atoms with Gasteiger partial charge in [-0.15, -0.1) is 0 Å². The number of nitriles is 1. The second-order valence-electron chi connectivity index (χ2n) is 5.87. The number of hydrogen-bond donors (Lipinski definition) is 1. The van der Waals surface area contributed by atoms with E-state index in [9.17, 15) is 18.1 Å². The molecule has 112 valence electrons. The summed E-state index contributed by atoms with van der Waals surface area (Å²) in [6.45, 7) is 0. The third-order valence-electron chi connectivity index (χ3n) is 4.52. The normalized spacial score (nSPS) is 35.2. The number of aliphatic hydroxyl groups is 1. The zero-order valence-corrected chi connectivity index (χ0v) is 12.1. The largest absolute Gasteiger partial charge is 0.385 e. The topological polar surface area (TPSA) is 61.1 Å². The van der Waals surface area contributed by atoms with Crippen molar-refractivity contribution in [3.63, 3.8) is 0 Å². The van der Waals surface area contributed by atoms with Crippen molar-refractivity contribution in [1.82, 2.24) is 0 Å². The van der Waals surface area contributed by atoms with E-state index in [1.165, 1.54) is 0 Å². The highest BCUT2D eigenvalue weighted by Gasteiger charge is 2.47. The van der Waals surface area contributed by atoms with Crippen LogP contribution in [0.15, 0.2) is 12.1 Å². The smallest absolute Gasteiger partial charge is 0.141 e. The molecule has 2 aliphatic rings. The molecule has 1 aromatic rings. The van der Waals surface area contributed by atoms with Crippen molar-refractivity contribution in [2.45, 2.75) is 48.2 Å². The van der Waals surface area contributed by atoms with Gasteiger partial charge in [0.2, 0.25) is 0 Å². The molecule has 0 spiro atoms. The molecule has 2 fully saturated rings. The van der Waals surface area contributed by atoms with Crippen LogP contribution in [0.25, 0.3) is 0 Å². The lowest BCUT2D eigenvalue weighted by Crippen LogP contribution is -2.47. The van der Waals surface area contributed by atoms with Crippen molar-refractivity contribution in [2.75, 3.05) is 0 Å². The van der Waals surface area contributed by atoms with E-state index in [0.717, 1.165) is 31.4 Å². The van der Waals surface area contributed by atoms with Gasteiger partial charge in [-0.05, 0) is 37.8 Å². The van der Waals surface area contributed by atoms with Gasteiger partial charge in [-0.2, -0.15) is 5.26 Å². The van der Waals surface area contributed by atoms with E-state index in [-0.39, 0.29) is 34.5 Å².